The van der Waals surface area contributed by atoms with E-state index in [0.29, 0.717) is 0 Å². The van der Waals surface area contributed by atoms with Crippen LogP contribution < -0.4 is 5.73 Å². The number of hydrogen-bond acceptors (Lipinski definition) is 1. The molecule has 0 aliphatic heterocycles. The van der Waals surface area contributed by atoms with Crippen LogP contribution in [0.4, 0.5) is 5.69 Å². The maximum absolute atomic E-state index is 5.95. The van der Waals surface area contributed by atoms with Crippen LogP contribution in [0.25, 0.3) is 5.57 Å². The lowest BCUT2D eigenvalue weighted by atomic mass is 9.98. The number of hydrogen-bond donors (Lipinski definition) is 1. The van der Waals surface area contributed by atoms with Gasteiger partial charge in [-0.1, -0.05) is 60.1 Å². The summed E-state index contributed by atoms with van der Waals surface area (Å²) in [6, 6.07) is 18.0. The summed E-state index contributed by atoms with van der Waals surface area (Å²) in [5.74, 6) is 0. The first-order valence-electron chi connectivity index (χ1n) is 5.49. The Morgan fingerprint density at radius 1 is 1.00 bits per heavy atom. The molecule has 0 radical (unpaired) electrons. The van der Waals surface area contributed by atoms with Crippen LogP contribution >= 0.6 is 11.6 Å². The third kappa shape index (κ3) is 2.89. The Labute approximate surface area is 107 Å². The van der Waals surface area contributed by atoms with E-state index in [9.17, 15) is 0 Å². The fourth-order valence-corrected chi connectivity index (χ4v) is 1.99. The second-order valence-electron chi connectivity index (χ2n) is 3.88. The zero-order valence-corrected chi connectivity index (χ0v) is 10.2. The van der Waals surface area contributed by atoms with Crippen molar-refractivity contribution in [2.45, 2.75) is 6.42 Å². The van der Waals surface area contributed by atoms with Gasteiger partial charge in [0.25, 0.3) is 0 Å². The average molecular weight is 244 g/mol. The Bertz CT molecular complexity index is 517. The van der Waals surface area contributed by atoms with Crippen molar-refractivity contribution in [3.05, 3.63) is 71.3 Å². The van der Waals surface area contributed by atoms with E-state index in [0.717, 1.165) is 23.2 Å². The number of anilines is 1. The Kier molecular flexibility index (Phi) is 3.84. The maximum atomic E-state index is 5.95. The number of rotatable bonds is 3. The number of benzene rings is 2. The lowest BCUT2D eigenvalue weighted by molar-refractivity contribution is 1.28. The predicted octanol–water partition coefficient (Wildman–Crippen LogP) is 4.09. The van der Waals surface area contributed by atoms with Crippen LogP contribution in [0.5, 0.6) is 0 Å². The molecule has 86 valence electrons. The molecular formula is C15H14ClN. The molecule has 0 aliphatic carbocycles. The SMILES string of the molecule is Nc1ccccc1C(=CCl)Cc1ccccc1. The molecule has 0 saturated heterocycles. The van der Waals surface area contributed by atoms with Gasteiger partial charge in [-0.2, -0.15) is 0 Å². The average Bonchev–Trinajstić information content (AvgIpc) is 2.38. The van der Waals surface area contributed by atoms with E-state index in [1.807, 2.05) is 42.5 Å². The first-order valence-corrected chi connectivity index (χ1v) is 5.93. The fraction of sp³-hybridized carbons (Fsp3) is 0.0667. The van der Waals surface area contributed by atoms with Crippen LogP contribution in [0.1, 0.15) is 11.1 Å². The molecule has 0 aromatic heterocycles. The molecule has 1 nitrogen and oxygen atoms in total. The molecule has 0 bridgehead atoms. The van der Waals surface area contributed by atoms with Gasteiger partial charge in [0.05, 0.1) is 0 Å². The molecule has 0 spiro atoms. The summed E-state index contributed by atoms with van der Waals surface area (Å²) in [6.45, 7) is 0. The van der Waals surface area contributed by atoms with Gasteiger partial charge in [-0.15, -0.1) is 0 Å². The third-order valence-electron chi connectivity index (χ3n) is 2.68. The van der Waals surface area contributed by atoms with Crippen LogP contribution in [-0.2, 0) is 6.42 Å². The van der Waals surface area contributed by atoms with Crippen LogP contribution in [0.3, 0.4) is 0 Å². The summed E-state index contributed by atoms with van der Waals surface area (Å²) in [4.78, 5) is 0. The highest BCUT2D eigenvalue weighted by Crippen LogP contribution is 2.25. The van der Waals surface area contributed by atoms with Crippen LogP contribution in [-0.4, -0.2) is 0 Å². The van der Waals surface area contributed by atoms with Crippen molar-refractivity contribution in [3.63, 3.8) is 0 Å². The summed E-state index contributed by atoms with van der Waals surface area (Å²) in [5.41, 5.74) is 11.6. The lowest BCUT2D eigenvalue weighted by Crippen LogP contribution is -1.95. The number of nitrogens with two attached hydrogens (primary N) is 1. The molecule has 0 saturated carbocycles. The van der Waals surface area contributed by atoms with Crippen molar-refractivity contribution < 1.29 is 0 Å². The van der Waals surface area contributed by atoms with Crippen molar-refractivity contribution in [2.75, 3.05) is 5.73 Å². The van der Waals surface area contributed by atoms with Crippen molar-refractivity contribution in [3.8, 4) is 0 Å². The van der Waals surface area contributed by atoms with E-state index in [1.165, 1.54) is 5.56 Å². The van der Waals surface area contributed by atoms with E-state index in [1.54, 1.807) is 5.54 Å². The minimum absolute atomic E-state index is 0.760. The summed E-state index contributed by atoms with van der Waals surface area (Å²) < 4.78 is 0. The van der Waals surface area contributed by atoms with Gasteiger partial charge < -0.3 is 5.73 Å². The summed E-state index contributed by atoms with van der Waals surface area (Å²) in [7, 11) is 0. The molecule has 17 heavy (non-hydrogen) atoms. The third-order valence-corrected chi connectivity index (χ3v) is 2.94. The van der Waals surface area contributed by atoms with Gasteiger partial charge in [0, 0.05) is 16.8 Å². The van der Waals surface area contributed by atoms with E-state index >= 15 is 0 Å². The number of nitrogen functional groups attached to an aromatic ring is 1. The molecule has 0 atom stereocenters. The Morgan fingerprint density at radius 3 is 2.29 bits per heavy atom. The molecule has 0 aliphatic rings. The monoisotopic (exact) mass is 243 g/mol. The van der Waals surface area contributed by atoms with Crippen molar-refractivity contribution in [1.29, 1.82) is 0 Å². The summed E-state index contributed by atoms with van der Waals surface area (Å²) >= 11 is 5.91. The molecule has 2 heteroatoms. The van der Waals surface area contributed by atoms with Crippen molar-refractivity contribution in [2.24, 2.45) is 0 Å². The van der Waals surface area contributed by atoms with Gasteiger partial charge in [-0.05, 0) is 23.6 Å². The van der Waals surface area contributed by atoms with E-state index in [-0.39, 0.29) is 0 Å². The zero-order chi connectivity index (χ0) is 12.1. The fourth-order valence-electron chi connectivity index (χ4n) is 1.80. The van der Waals surface area contributed by atoms with Gasteiger partial charge in [-0.25, -0.2) is 0 Å². The first-order chi connectivity index (χ1) is 8.31. The Morgan fingerprint density at radius 2 is 1.65 bits per heavy atom. The highest BCUT2D eigenvalue weighted by Gasteiger charge is 2.05. The minimum atomic E-state index is 0.760. The van der Waals surface area contributed by atoms with Crippen LogP contribution in [0.15, 0.2) is 60.1 Å². The second-order valence-corrected chi connectivity index (χ2v) is 4.10. The molecule has 0 fully saturated rings. The number of halogens is 1. The molecule has 2 aromatic rings. The van der Waals surface area contributed by atoms with Crippen molar-refractivity contribution in [1.82, 2.24) is 0 Å². The standard InChI is InChI=1S/C15H14ClN/c16-11-13(10-12-6-2-1-3-7-12)14-8-4-5-9-15(14)17/h1-9,11H,10,17H2. The van der Waals surface area contributed by atoms with Gasteiger partial charge in [0.1, 0.15) is 0 Å². The normalized spacial score (nSPS) is 11.5. The maximum Gasteiger partial charge on any atom is 0.0390 e. The predicted molar refractivity (Wildman–Crippen MR) is 74.8 cm³/mol. The van der Waals surface area contributed by atoms with E-state index in [4.69, 9.17) is 17.3 Å². The van der Waals surface area contributed by atoms with Gasteiger partial charge in [-0.3, -0.25) is 0 Å². The largest absolute Gasteiger partial charge is 0.398 e. The number of allylic oxidation sites excluding steroid dienone is 1. The molecule has 0 amide bonds. The Balaban J connectivity index is 2.28. The van der Waals surface area contributed by atoms with Gasteiger partial charge >= 0.3 is 0 Å². The summed E-state index contributed by atoms with van der Waals surface area (Å²) in [5, 5.41) is 0. The minimum Gasteiger partial charge on any atom is -0.398 e. The van der Waals surface area contributed by atoms with Crippen LogP contribution in [0.2, 0.25) is 0 Å². The first kappa shape index (κ1) is 11.7. The number of para-hydroxylation sites is 1. The molecular weight excluding hydrogens is 230 g/mol. The molecule has 0 unspecified atom stereocenters. The molecule has 2 aromatic carbocycles. The van der Waals surface area contributed by atoms with E-state index < -0.39 is 0 Å². The topological polar surface area (TPSA) is 26.0 Å². The Hall–Kier alpha value is -1.73. The zero-order valence-electron chi connectivity index (χ0n) is 9.44. The van der Waals surface area contributed by atoms with Gasteiger partial charge in [0.2, 0.25) is 0 Å². The highest BCUT2D eigenvalue weighted by molar-refractivity contribution is 6.28. The van der Waals surface area contributed by atoms with Gasteiger partial charge in [0.15, 0.2) is 0 Å². The van der Waals surface area contributed by atoms with Crippen molar-refractivity contribution >= 4 is 22.9 Å². The lowest BCUT2D eigenvalue weighted by Gasteiger charge is -2.09. The quantitative estimate of drug-likeness (QED) is 0.808. The summed E-state index contributed by atoms with van der Waals surface area (Å²) in [6.07, 6.45) is 0.790. The molecule has 2 N–H and O–H groups in total. The molecule has 2 rings (SSSR count). The van der Waals surface area contributed by atoms with E-state index in [2.05, 4.69) is 12.1 Å². The highest BCUT2D eigenvalue weighted by atomic mass is 35.5. The smallest absolute Gasteiger partial charge is 0.0390 e. The second kappa shape index (κ2) is 5.55. The molecule has 0 heterocycles. The van der Waals surface area contributed by atoms with Crippen LogP contribution in [0, 0.1) is 0 Å².